The Morgan fingerprint density at radius 2 is 1.90 bits per heavy atom. The summed E-state index contributed by atoms with van der Waals surface area (Å²) in [6.45, 7) is 5.33. The molecule has 1 aromatic heterocycles. The first kappa shape index (κ1) is 15.2. The fraction of sp³-hybridized carbons (Fsp3) is 0.353. The fourth-order valence-electron chi connectivity index (χ4n) is 2.16. The predicted octanol–water partition coefficient (Wildman–Crippen LogP) is 4.44. The molecule has 1 unspecified atom stereocenters. The van der Waals surface area contributed by atoms with Crippen molar-refractivity contribution >= 4 is 15.9 Å². The SMILES string of the molecule is CCCNC(Cc1ccc(Br)cn1)c1ccc(C)cc1. The Labute approximate surface area is 129 Å². The average molecular weight is 333 g/mol. The van der Waals surface area contributed by atoms with Gasteiger partial charge in [-0.1, -0.05) is 36.8 Å². The van der Waals surface area contributed by atoms with Crippen LogP contribution >= 0.6 is 15.9 Å². The Kier molecular flexibility index (Phi) is 5.74. The first-order valence-corrected chi connectivity index (χ1v) is 7.88. The Morgan fingerprint density at radius 3 is 2.50 bits per heavy atom. The van der Waals surface area contributed by atoms with Crippen molar-refractivity contribution in [2.24, 2.45) is 0 Å². The molecule has 0 bridgehead atoms. The molecule has 0 saturated carbocycles. The maximum atomic E-state index is 4.48. The number of halogens is 1. The number of aromatic nitrogens is 1. The molecule has 3 heteroatoms. The third-order valence-corrected chi connectivity index (χ3v) is 3.79. The average Bonchev–Trinajstić information content (AvgIpc) is 2.46. The molecule has 0 spiro atoms. The van der Waals surface area contributed by atoms with Gasteiger partial charge in [-0.25, -0.2) is 0 Å². The highest BCUT2D eigenvalue weighted by Crippen LogP contribution is 2.19. The van der Waals surface area contributed by atoms with Crippen molar-refractivity contribution in [3.8, 4) is 0 Å². The zero-order chi connectivity index (χ0) is 14.4. The van der Waals surface area contributed by atoms with E-state index in [-0.39, 0.29) is 0 Å². The first-order valence-electron chi connectivity index (χ1n) is 7.09. The van der Waals surface area contributed by atoms with E-state index in [2.05, 4.69) is 70.4 Å². The largest absolute Gasteiger partial charge is 0.310 e. The molecule has 1 N–H and O–H groups in total. The van der Waals surface area contributed by atoms with Crippen molar-refractivity contribution in [2.75, 3.05) is 6.54 Å². The topological polar surface area (TPSA) is 24.9 Å². The molecule has 2 aromatic rings. The van der Waals surface area contributed by atoms with E-state index in [9.17, 15) is 0 Å². The summed E-state index contributed by atoms with van der Waals surface area (Å²) in [5, 5.41) is 3.62. The van der Waals surface area contributed by atoms with Gasteiger partial charge in [0.25, 0.3) is 0 Å². The van der Waals surface area contributed by atoms with Crippen molar-refractivity contribution in [3.63, 3.8) is 0 Å². The van der Waals surface area contributed by atoms with E-state index in [1.165, 1.54) is 11.1 Å². The van der Waals surface area contributed by atoms with Gasteiger partial charge in [0, 0.05) is 28.8 Å². The highest BCUT2D eigenvalue weighted by molar-refractivity contribution is 9.10. The van der Waals surface area contributed by atoms with E-state index < -0.39 is 0 Å². The van der Waals surface area contributed by atoms with Crippen molar-refractivity contribution in [3.05, 3.63) is 63.9 Å². The Morgan fingerprint density at radius 1 is 1.15 bits per heavy atom. The number of nitrogens with zero attached hydrogens (tertiary/aromatic N) is 1. The van der Waals surface area contributed by atoms with Crippen LogP contribution in [0, 0.1) is 6.92 Å². The first-order chi connectivity index (χ1) is 9.69. The summed E-state index contributed by atoms with van der Waals surface area (Å²) < 4.78 is 1.02. The minimum atomic E-state index is 0.323. The number of aryl methyl sites for hydroxylation is 1. The summed E-state index contributed by atoms with van der Waals surface area (Å²) in [5.74, 6) is 0. The summed E-state index contributed by atoms with van der Waals surface area (Å²) in [4.78, 5) is 4.48. The van der Waals surface area contributed by atoms with Crippen LogP contribution < -0.4 is 5.32 Å². The quantitative estimate of drug-likeness (QED) is 0.846. The second-order valence-electron chi connectivity index (χ2n) is 5.09. The fourth-order valence-corrected chi connectivity index (χ4v) is 2.40. The zero-order valence-electron chi connectivity index (χ0n) is 12.1. The molecule has 0 fully saturated rings. The molecular formula is C17H21BrN2. The Balaban J connectivity index is 2.14. The lowest BCUT2D eigenvalue weighted by atomic mass is 10.0. The van der Waals surface area contributed by atoms with Gasteiger partial charge in [-0.3, -0.25) is 4.98 Å². The van der Waals surface area contributed by atoms with Crippen molar-refractivity contribution in [2.45, 2.75) is 32.7 Å². The minimum absolute atomic E-state index is 0.323. The number of hydrogen-bond donors (Lipinski definition) is 1. The molecule has 20 heavy (non-hydrogen) atoms. The molecule has 0 radical (unpaired) electrons. The number of rotatable bonds is 6. The van der Waals surface area contributed by atoms with Gasteiger partial charge in [0.15, 0.2) is 0 Å². The van der Waals surface area contributed by atoms with Crippen molar-refractivity contribution in [1.82, 2.24) is 10.3 Å². The molecule has 0 aliphatic heterocycles. The monoisotopic (exact) mass is 332 g/mol. The number of benzene rings is 1. The van der Waals surface area contributed by atoms with Gasteiger partial charge in [-0.15, -0.1) is 0 Å². The predicted molar refractivity (Wildman–Crippen MR) is 87.9 cm³/mol. The lowest BCUT2D eigenvalue weighted by Crippen LogP contribution is -2.24. The molecule has 0 aliphatic rings. The van der Waals surface area contributed by atoms with Gasteiger partial charge in [0.1, 0.15) is 0 Å². The van der Waals surface area contributed by atoms with Gasteiger partial charge in [0.05, 0.1) is 0 Å². The van der Waals surface area contributed by atoms with E-state index in [4.69, 9.17) is 0 Å². The lowest BCUT2D eigenvalue weighted by Gasteiger charge is -2.19. The lowest BCUT2D eigenvalue weighted by molar-refractivity contribution is 0.524. The third-order valence-electron chi connectivity index (χ3n) is 3.32. The Hall–Kier alpha value is -1.19. The summed E-state index contributed by atoms with van der Waals surface area (Å²) >= 11 is 3.43. The van der Waals surface area contributed by atoms with Gasteiger partial charge in [-0.2, -0.15) is 0 Å². The molecule has 0 amide bonds. The normalized spacial score (nSPS) is 12.3. The highest BCUT2D eigenvalue weighted by atomic mass is 79.9. The van der Waals surface area contributed by atoms with Crippen molar-refractivity contribution < 1.29 is 0 Å². The van der Waals surface area contributed by atoms with Gasteiger partial charge < -0.3 is 5.32 Å². The minimum Gasteiger partial charge on any atom is -0.310 e. The third kappa shape index (κ3) is 4.43. The van der Waals surface area contributed by atoms with E-state index in [0.29, 0.717) is 6.04 Å². The summed E-state index contributed by atoms with van der Waals surface area (Å²) in [5.41, 5.74) is 3.74. The second kappa shape index (κ2) is 7.55. The smallest absolute Gasteiger partial charge is 0.0423 e. The van der Waals surface area contributed by atoms with Crippen LogP contribution in [0.5, 0.6) is 0 Å². The standard InChI is InChI=1S/C17H21BrN2/c1-3-10-19-17(14-6-4-13(2)5-7-14)11-16-9-8-15(18)12-20-16/h4-9,12,17,19H,3,10-11H2,1-2H3. The van der Waals surface area contributed by atoms with Crippen LogP contribution in [0.4, 0.5) is 0 Å². The van der Waals surface area contributed by atoms with Crippen LogP contribution in [-0.4, -0.2) is 11.5 Å². The molecular weight excluding hydrogens is 312 g/mol. The van der Waals surface area contributed by atoms with Crippen LogP contribution in [0.15, 0.2) is 47.1 Å². The van der Waals surface area contributed by atoms with Gasteiger partial charge >= 0.3 is 0 Å². The van der Waals surface area contributed by atoms with Crippen LogP contribution in [0.3, 0.4) is 0 Å². The van der Waals surface area contributed by atoms with Crippen LogP contribution in [0.25, 0.3) is 0 Å². The molecule has 0 saturated heterocycles. The molecule has 106 valence electrons. The molecule has 2 nitrogen and oxygen atoms in total. The molecule has 1 heterocycles. The van der Waals surface area contributed by atoms with E-state index in [0.717, 1.165) is 29.6 Å². The van der Waals surface area contributed by atoms with Gasteiger partial charge in [0.2, 0.25) is 0 Å². The number of nitrogens with one attached hydrogen (secondary N) is 1. The molecule has 1 atom stereocenters. The van der Waals surface area contributed by atoms with E-state index >= 15 is 0 Å². The Bertz CT molecular complexity index is 520. The number of hydrogen-bond acceptors (Lipinski definition) is 2. The summed E-state index contributed by atoms with van der Waals surface area (Å²) in [6, 6.07) is 13.2. The van der Waals surface area contributed by atoms with Gasteiger partial charge in [-0.05, 0) is 53.5 Å². The number of pyridine rings is 1. The molecule has 0 aliphatic carbocycles. The molecule has 2 rings (SSSR count). The highest BCUT2D eigenvalue weighted by Gasteiger charge is 2.12. The van der Waals surface area contributed by atoms with E-state index in [1.54, 1.807) is 0 Å². The maximum Gasteiger partial charge on any atom is 0.0423 e. The van der Waals surface area contributed by atoms with Crippen LogP contribution in [0.1, 0.15) is 36.2 Å². The van der Waals surface area contributed by atoms with Crippen molar-refractivity contribution in [1.29, 1.82) is 0 Å². The summed E-state index contributed by atoms with van der Waals surface area (Å²) in [7, 11) is 0. The van der Waals surface area contributed by atoms with Crippen LogP contribution in [-0.2, 0) is 6.42 Å². The van der Waals surface area contributed by atoms with E-state index in [1.807, 2.05) is 12.3 Å². The molecule has 1 aromatic carbocycles. The zero-order valence-corrected chi connectivity index (χ0v) is 13.7. The summed E-state index contributed by atoms with van der Waals surface area (Å²) in [6.07, 6.45) is 3.91. The van der Waals surface area contributed by atoms with Crippen LogP contribution in [0.2, 0.25) is 0 Å². The second-order valence-corrected chi connectivity index (χ2v) is 6.00. The maximum absolute atomic E-state index is 4.48.